The summed E-state index contributed by atoms with van der Waals surface area (Å²) in [4.78, 5) is 32.4. The van der Waals surface area contributed by atoms with Gasteiger partial charge in [0, 0.05) is 22.8 Å². The number of imidazole rings is 1. The highest BCUT2D eigenvalue weighted by atomic mass is 32.2. The molecule has 2 heterocycles. The number of aromatic nitrogens is 3. The standard InChI is InChI=1S/C20H16FN5O2S/c1-29-20-23-11-17(26(20)13-8-6-12(21)7-9-13)19(28)25-24-18(27)15-10-22-16-5-3-2-4-14(15)16/h2-11,22H,1H3,(H,24,27)(H,25,28). The molecule has 4 aromatic rings. The number of aromatic amines is 1. The molecule has 0 atom stereocenters. The molecule has 0 radical (unpaired) electrons. The molecular weight excluding hydrogens is 393 g/mol. The molecule has 0 aliphatic rings. The number of hydrazine groups is 1. The van der Waals surface area contributed by atoms with Gasteiger partial charge in [-0.25, -0.2) is 9.37 Å². The van der Waals surface area contributed by atoms with Crippen molar-refractivity contribution in [3.63, 3.8) is 0 Å². The van der Waals surface area contributed by atoms with Crippen LogP contribution in [0.15, 0.2) is 66.1 Å². The topological polar surface area (TPSA) is 91.8 Å². The molecule has 9 heteroatoms. The van der Waals surface area contributed by atoms with Gasteiger partial charge < -0.3 is 4.98 Å². The van der Waals surface area contributed by atoms with Crippen LogP contribution in [0, 0.1) is 5.82 Å². The van der Waals surface area contributed by atoms with Gasteiger partial charge in [0.05, 0.1) is 11.8 Å². The largest absolute Gasteiger partial charge is 0.360 e. The maximum absolute atomic E-state index is 13.3. The molecule has 0 spiro atoms. The number of nitrogens with zero attached hydrogens (tertiary/aromatic N) is 2. The van der Waals surface area contributed by atoms with Crippen LogP contribution >= 0.6 is 11.8 Å². The van der Waals surface area contributed by atoms with E-state index >= 15 is 0 Å². The van der Waals surface area contributed by atoms with Crippen LogP contribution in [0.2, 0.25) is 0 Å². The first-order chi connectivity index (χ1) is 14.1. The third kappa shape index (κ3) is 3.59. The Morgan fingerprint density at radius 2 is 1.79 bits per heavy atom. The van der Waals surface area contributed by atoms with Gasteiger partial charge in [0.25, 0.3) is 11.8 Å². The van der Waals surface area contributed by atoms with Crippen LogP contribution in [0.3, 0.4) is 0 Å². The Morgan fingerprint density at radius 1 is 1.07 bits per heavy atom. The van der Waals surface area contributed by atoms with E-state index in [0.717, 1.165) is 10.9 Å². The maximum atomic E-state index is 13.3. The van der Waals surface area contributed by atoms with E-state index in [0.29, 0.717) is 16.4 Å². The van der Waals surface area contributed by atoms with Crippen LogP contribution in [0.4, 0.5) is 4.39 Å². The molecule has 2 aromatic carbocycles. The van der Waals surface area contributed by atoms with E-state index in [1.807, 2.05) is 30.5 Å². The fourth-order valence-electron chi connectivity index (χ4n) is 2.98. The molecule has 0 aliphatic heterocycles. The summed E-state index contributed by atoms with van der Waals surface area (Å²) in [5.74, 6) is -1.37. The fourth-order valence-corrected chi connectivity index (χ4v) is 3.53. The zero-order valence-electron chi connectivity index (χ0n) is 15.3. The minimum atomic E-state index is -0.546. The van der Waals surface area contributed by atoms with Gasteiger partial charge in [-0.2, -0.15) is 0 Å². The third-order valence-electron chi connectivity index (χ3n) is 4.35. The van der Waals surface area contributed by atoms with Crippen LogP contribution in [-0.2, 0) is 0 Å². The van der Waals surface area contributed by atoms with Gasteiger partial charge in [-0.15, -0.1) is 0 Å². The lowest BCUT2D eigenvalue weighted by atomic mass is 10.2. The summed E-state index contributed by atoms with van der Waals surface area (Å²) in [7, 11) is 0. The predicted octanol–water partition coefficient (Wildman–Crippen LogP) is 3.29. The van der Waals surface area contributed by atoms with E-state index in [2.05, 4.69) is 20.8 Å². The molecule has 0 saturated heterocycles. The summed E-state index contributed by atoms with van der Waals surface area (Å²) >= 11 is 1.34. The average Bonchev–Trinajstić information content (AvgIpc) is 3.36. The molecule has 3 N–H and O–H groups in total. The molecular formula is C20H16FN5O2S. The molecule has 4 rings (SSSR count). The van der Waals surface area contributed by atoms with E-state index in [4.69, 9.17) is 0 Å². The van der Waals surface area contributed by atoms with Crippen molar-refractivity contribution in [1.82, 2.24) is 25.4 Å². The predicted molar refractivity (Wildman–Crippen MR) is 109 cm³/mol. The Hall–Kier alpha value is -3.59. The first-order valence-corrected chi connectivity index (χ1v) is 9.85. The Bertz CT molecular complexity index is 1200. The van der Waals surface area contributed by atoms with E-state index in [-0.39, 0.29) is 11.5 Å². The zero-order valence-corrected chi connectivity index (χ0v) is 16.1. The number of hydrogen-bond acceptors (Lipinski definition) is 4. The van der Waals surface area contributed by atoms with E-state index in [1.165, 1.54) is 30.1 Å². The number of carbonyl (C=O) groups is 2. The molecule has 2 amide bonds. The van der Waals surface area contributed by atoms with Crippen LogP contribution in [0.25, 0.3) is 16.6 Å². The first-order valence-electron chi connectivity index (χ1n) is 8.63. The molecule has 0 fully saturated rings. The summed E-state index contributed by atoms with van der Waals surface area (Å²) < 4.78 is 14.9. The van der Waals surface area contributed by atoms with Gasteiger partial charge in [0.15, 0.2) is 5.16 Å². The van der Waals surface area contributed by atoms with Gasteiger partial charge >= 0.3 is 0 Å². The van der Waals surface area contributed by atoms with Gasteiger partial charge in [-0.1, -0.05) is 30.0 Å². The van der Waals surface area contributed by atoms with Crippen LogP contribution in [-0.4, -0.2) is 32.6 Å². The van der Waals surface area contributed by atoms with E-state index in [1.54, 1.807) is 22.9 Å². The molecule has 146 valence electrons. The first kappa shape index (κ1) is 18.8. The number of benzene rings is 2. The molecule has 0 unspecified atom stereocenters. The highest BCUT2D eigenvalue weighted by molar-refractivity contribution is 7.98. The molecule has 0 aliphatic carbocycles. The Morgan fingerprint density at radius 3 is 2.55 bits per heavy atom. The smallest absolute Gasteiger partial charge is 0.288 e. The minimum absolute atomic E-state index is 0.209. The number of fused-ring (bicyclic) bond motifs is 1. The summed E-state index contributed by atoms with van der Waals surface area (Å²) in [6.07, 6.45) is 4.81. The lowest BCUT2D eigenvalue weighted by Crippen LogP contribution is -2.42. The summed E-state index contributed by atoms with van der Waals surface area (Å²) in [5.41, 5.74) is 6.87. The summed E-state index contributed by atoms with van der Waals surface area (Å²) in [5, 5.41) is 1.31. The van der Waals surface area contributed by atoms with Crippen molar-refractivity contribution in [2.75, 3.05) is 6.26 Å². The molecule has 2 aromatic heterocycles. The van der Waals surface area contributed by atoms with Crippen LogP contribution in [0.1, 0.15) is 20.8 Å². The number of thioether (sulfide) groups is 1. The van der Waals surface area contributed by atoms with Crippen LogP contribution < -0.4 is 10.9 Å². The second kappa shape index (κ2) is 7.80. The van der Waals surface area contributed by atoms with Crippen molar-refractivity contribution < 1.29 is 14.0 Å². The highest BCUT2D eigenvalue weighted by Crippen LogP contribution is 2.22. The van der Waals surface area contributed by atoms with Crippen molar-refractivity contribution in [2.45, 2.75) is 5.16 Å². The number of H-pyrrole nitrogens is 1. The van der Waals surface area contributed by atoms with Gasteiger partial charge in [0.2, 0.25) is 0 Å². The normalized spacial score (nSPS) is 10.8. The van der Waals surface area contributed by atoms with Crippen molar-refractivity contribution in [2.24, 2.45) is 0 Å². The number of carbonyl (C=O) groups excluding carboxylic acids is 2. The van der Waals surface area contributed by atoms with Crippen LogP contribution in [0.5, 0.6) is 0 Å². The average molecular weight is 409 g/mol. The monoisotopic (exact) mass is 409 g/mol. The summed E-state index contributed by atoms with van der Waals surface area (Å²) in [6.45, 7) is 0. The number of para-hydroxylation sites is 1. The number of halogens is 1. The maximum Gasteiger partial charge on any atom is 0.288 e. The van der Waals surface area contributed by atoms with Gasteiger partial charge in [-0.3, -0.25) is 25.0 Å². The number of nitrogens with one attached hydrogen (secondary N) is 3. The van der Waals surface area contributed by atoms with Crippen molar-refractivity contribution in [1.29, 1.82) is 0 Å². The minimum Gasteiger partial charge on any atom is -0.360 e. The van der Waals surface area contributed by atoms with Crippen molar-refractivity contribution in [3.8, 4) is 5.69 Å². The lowest BCUT2D eigenvalue weighted by Gasteiger charge is -2.11. The summed E-state index contributed by atoms with van der Waals surface area (Å²) in [6, 6.07) is 13.1. The van der Waals surface area contributed by atoms with Crippen molar-refractivity contribution in [3.05, 3.63) is 78.0 Å². The molecule has 0 bridgehead atoms. The highest BCUT2D eigenvalue weighted by Gasteiger charge is 2.19. The molecule has 7 nitrogen and oxygen atoms in total. The molecule has 29 heavy (non-hydrogen) atoms. The number of hydrogen-bond donors (Lipinski definition) is 3. The quantitative estimate of drug-likeness (QED) is 0.356. The number of rotatable bonds is 4. The second-order valence-corrected chi connectivity index (χ2v) is 6.87. The van der Waals surface area contributed by atoms with Crippen molar-refractivity contribution >= 4 is 34.5 Å². The zero-order chi connectivity index (χ0) is 20.4. The van der Waals surface area contributed by atoms with Gasteiger partial charge in [-0.05, 0) is 36.6 Å². The third-order valence-corrected chi connectivity index (χ3v) is 5.01. The SMILES string of the molecule is CSc1ncc(C(=O)NNC(=O)c2c[nH]c3ccccc23)n1-c1ccc(F)cc1. The van der Waals surface area contributed by atoms with E-state index < -0.39 is 11.8 Å². The Labute approximate surface area is 169 Å². The second-order valence-electron chi connectivity index (χ2n) is 6.10. The number of amides is 2. The lowest BCUT2D eigenvalue weighted by molar-refractivity contribution is 0.0843. The fraction of sp³-hybridized carbons (Fsp3) is 0.0500. The molecule has 0 saturated carbocycles. The Balaban J connectivity index is 1.55. The van der Waals surface area contributed by atoms with Gasteiger partial charge in [0.1, 0.15) is 11.5 Å². The van der Waals surface area contributed by atoms with E-state index in [9.17, 15) is 14.0 Å². The Kier molecular flexibility index (Phi) is 5.05.